The molecule has 6 aromatic rings. The van der Waals surface area contributed by atoms with Gasteiger partial charge in [-0.2, -0.15) is 19.2 Å². The van der Waals surface area contributed by atoms with Crippen LogP contribution in [-0.2, 0) is 25.6 Å². The number of hydrogen-bond donors (Lipinski definition) is 8. The van der Waals surface area contributed by atoms with Gasteiger partial charge in [0.05, 0.1) is 5.56 Å². The topological polar surface area (TPSA) is 332 Å². The van der Waals surface area contributed by atoms with Crippen LogP contribution in [0.4, 0.5) is 5.69 Å². The molecule has 412 valence electrons. The van der Waals surface area contributed by atoms with Crippen molar-refractivity contribution in [1.82, 2.24) is 20.6 Å². The first kappa shape index (κ1) is 65.9. The summed E-state index contributed by atoms with van der Waals surface area (Å²) >= 11 is 0. The highest BCUT2D eigenvalue weighted by Gasteiger charge is 2.25. The molecule has 2 aromatic heterocycles. The van der Waals surface area contributed by atoms with Gasteiger partial charge in [-0.25, -0.2) is 14.8 Å². The lowest BCUT2D eigenvalue weighted by Crippen LogP contribution is -2.26. The summed E-state index contributed by atoms with van der Waals surface area (Å²) in [7, 11) is 0. The lowest BCUT2D eigenvalue weighted by atomic mass is 9.89. The normalized spacial score (nSPS) is 11.4. The molecule has 20 heteroatoms. The summed E-state index contributed by atoms with van der Waals surface area (Å²) in [4.78, 5) is 91.3. The number of hydrogen-bond acceptors (Lipinski definition) is 13. The average Bonchev–Trinajstić information content (AvgIpc) is 4.38. The Balaban J connectivity index is 0.000000424. The van der Waals surface area contributed by atoms with Crippen LogP contribution < -0.4 is 27.8 Å². The van der Waals surface area contributed by atoms with E-state index in [0.29, 0.717) is 81.2 Å². The fourth-order valence-electron chi connectivity index (χ4n) is 7.73. The number of carbonyl (C=O) groups is 4. The number of rotatable bonds is 16. The number of carbonyl (C=O) groups excluding carboxylic acids is 7. The van der Waals surface area contributed by atoms with Crippen LogP contribution in [0.2, 0.25) is 0 Å². The van der Waals surface area contributed by atoms with Gasteiger partial charge < -0.3 is 32.9 Å². The number of aromatic nitrogens is 2. The Bertz CT molecular complexity index is 3260. The quantitative estimate of drug-likeness (QED) is 0.0194. The molecule has 79 heavy (non-hydrogen) atoms. The highest BCUT2D eigenvalue weighted by Crippen LogP contribution is 2.33. The standard InChI is InChI=1S/C29H30N4O2.C21H22N2O3.C7H9N3.2CO2.2ClH/c1-4-21-15-25(27(34)14-19-7-9-22(10-8-19)28(30)31)24(13-17(21)2)23-11-12-26(33-18(23)3)29(35)32-16-20-5-6-20;1-4-15-10-18(21(25)26)17(9-12(15)2)16-7-8-19(23-13(16)3)20(24)22-11-14-5-6-14;8-6-3-1-5(2-4-6)7(9)10;2*2-1-3;;/h4,7-13,15,20H,1,5-6,14,16H2,2-3H3,(H3,30,31)(H,32,35);4,7-10,14H,1,5-6,11H2,2-3H3,(H,22,24)(H,25,26);1-4H,8H2,(H3,9,10);;;2*1H. The SMILES string of the molecule is C=Cc1cc(C(=O)Cc2ccc(C(=N)N)cc2)c(-c2ccc(C(=O)NCC3CC3)nc2C)cc1C.C=Cc1cc(C(=O)O)c(-c2ccc(C(=O)NCC3CC3)nc2C)cc1C.Cl.Cl.N=C(N)c1ccc(N)cc1.O=C=O.O=C=O. The molecule has 18 nitrogen and oxygen atoms in total. The highest BCUT2D eigenvalue weighted by atomic mass is 35.5. The molecule has 0 atom stereocenters. The van der Waals surface area contributed by atoms with Crippen LogP contribution in [0, 0.1) is 50.3 Å². The number of nitrogens with zero attached hydrogens (tertiary/aromatic N) is 2. The van der Waals surface area contributed by atoms with E-state index in [-0.39, 0.29) is 78.4 Å². The Morgan fingerprint density at radius 1 is 0.608 bits per heavy atom. The Morgan fingerprint density at radius 3 is 1.32 bits per heavy atom. The number of amides is 2. The van der Waals surface area contributed by atoms with Crippen molar-refractivity contribution in [2.75, 3.05) is 18.8 Å². The second-order valence-electron chi connectivity index (χ2n) is 18.1. The van der Waals surface area contributed by atoms with E-state index in [4.69, 9.17) is 47.2 Å². The smallest absolute Gasteiger partial charge is 0.373 e. The third-order valence-electron chi connectivity index (χ3n) is 12.3. The van der Waals surface area contributed by atoms with Gasteiger partial charge in [0.2, 0.25) is 0 Å². The first-order chi connectivity index (χ1) is 36.7. The van der Waals surface area contributed by atoms with Gasteiger partial charge in [0.25, 0.3) is 11.8 Å². The van der Waals surface area contributed by atoms with Gasteiger partial charge in [0.15, 0.2) is 5.78 Å². The number of nitrogens with one attached hydrogen (secondary N) is 4. The number of nitrogen functional groups attached to an aromatic ring is 3. The van der Waals surface area contributed by atoms with E-state index < -0.39 is 5.97 Å². The Labute approximate surface area is 470 Å². The van der Waals surface area contributed by atoms with Crippen molar-refractivity contribution in [2.45, 2.75) is 59.8 Å². The molecule has 0 radical (unpaired) electrons. The molecule has 4 aromatic carbocycles. The molecule has 0 saturated heterocycles. The Hall–Kier alpha value is -9.18. The van der Waals surface area contributed by atoms with Gasteiger partial charge in [0.1, 0.15) is 23.1 Å². The maximum absolute atomic E-state index is 13.5. The van der Waals surface area contributed by atoms with Gasteiger partial charge in [-0.3, -0.25) is 25.2 Å². The van der Waals surface area contributed by atoms with E-state index >= 15 is 0 Å². The fraction of sp³-hybridized carbons (Fsp3) is 0.220. The number of carboxylic acids is 1. The number of benzene rings is 4. The minimum absolute atomic E-state index is 0. The van der Waals surface area contributed by atoms with Crippen LogP contribution in [0.25, 0.3) is 34.4 Å². The molecule has 2 amide bonds. The average molecular weight is 1110 g/mol. The van der Waals surface area contributed by atoms with E-state index in [0.717, 1.165) is 38.9 Å². The van der Waals surface area contributed by atoms with Crippen LogP contribution in [0.1, 0.15) is 118 Å². The Morgan fingerprint density at radius 2 is 0.975 bits per heavy atom. The zero-order valence-electron chi connectivity index (χ0n) is 44.1. The number of aryl methyl sites for hydroxylation is 4. The zero-order valence-corrected chi connectivity index (χ0v) is 45.7. The molecule has 2 saturated carbocycles. The number of pyridine rings is 2. The number of amidine groups is 2. The zero-order chi connectivity index (χ0) is 56.9. The molecular weight excluding hydrogens is 1050 g/mol. The van der Waals surface area contributed by atoms with Crippen molar-refractivity contribution in [3.8, 4) is 22.3 Å². The first-order valence-corrected chi connectivity index (χ1v) is 24.1. The Kier molecular flexibility index (Phi) is 26.5. The van der Waals surface area contributed by atoms with E-state index in [1.807, 2.05) is 57.2 Å². The van der Waals surface area contributed by atoms with Gasteiger partial charge in [0, 0.05) is 64.4 Å². The van der Waals surface area contributed by atoms with Gasteiger partial charge in [-0.1, -0.05) is 67.8 Å². The summed E-state index contributed by atoms with van der Waals surface area (Å²) in [5.74, 6) is -0.148. The number of ketones is 1. The van der Waals surface area contributed by atoms with Crippen molar-refractivity contribution in [1.29, 1.82) is 10.8 Å². The number of anilines is 1. The molecule has 2 heterocycles. The minimum atomic E-state index is -1.01. The lowest BCUT2D eigenvalue weighted by Gasteiger charge is -2.15. The molecule has 0 bridgehead atoms. The monoisotopic (exact) mass is 1110 g/mol. The molecule has 0 aliphatic heterocycles. The third kappa shape index (κ3) is 19.7. The number of halogens is 2. The summed E-state index contributed by atoms with van der Waals surface area (Å²) in [5, 5.41) is 30.0. The predicted molar refractivity (Wildman–Crippen MR) is 307 cm³/mol. The van der Waals surface area contributed by atoms with Gasteiger partial charge in [-0.05, 0) is 159 Å². The van der Waals surface area contributed by atoms with Crippen LogP contribution in [0.5, 0.6) is 0 Å². The first-order valence-electron chi connectivity index (χ1n) is 24.1. The summed E-state index contributed by atoms with van der Waals surface area (Å²) in [5.41, 5.74) is 28.3. The number of carboxylic acid groups (broad SMARTS) is 1. The summed E-state index contributed by atoms with van der Waals surface area (Å²) in [6.07, 6.45) is 8.78. The van der Waals surface area contributed by atoms with Crippen molar-refractivity contribution in [3.05, 3.63) is 183 Å². The number of nitrogens with two attached hydrogens (primary N) is 3. The molecule has 0 unspecified atom stereocenters. The van der Waals surface area contributed by atoms with Crippen LogP contribution in [-0.4, -0.2) is 75.7 Å². The number of Topliss-reactive ketones (excluding diaryl/α,β-unsaturated/α-hetero) is 1. The lowest BCUT2D eigenvalue weighted by molar-refractivity contribution is -0.193. The van der Waals surface area contributed by atoms with E-state index in [1.165, 1.54) is 25.7 Å². The summed E-state index contributed by atoms with van der Waals surface area (Å²) in [6, 6.07) is 28.3. The second kappa shape index (κ2) is 31.8. The highest BCUT2D eigenvalue weighted by molar-refractivity contribution is 6.05. The van der Waals surface area contributed by atoms with Crippen LogP contribution in [0.3, 0.4) is 0 Å². The van der Waals surface area contributed by atoms with Crippen molar-refractivity contribution in [3.63, 3.8) is 0 Å². The fourth-order valence-corrected chi connectivity index (χ4v) is 7.73. The summed E-state index contributed by atoms with van der Waals surface area (Å²) in [6.45, 7) is 16.5. The van der Waals surface area contributed by atoms with E-state index in [9.17, 15) is 24.3 Å². The van der Waals surface area contributed by atoms with E-state index in [1.54, 1.807) is 79.7 Å². The van der Waals surface area contributed by atoms with Crippen molar-refractivity contribution >= 4 is 90.2 Å². The largest absolute Gasteiger partial charge is 0.478 e. The molecule has 0 spiro atoms. The predicted octanol–water partition coefficient (Wildman–Crippen LogP) is 8.93. The maximum atomic E-state index is 13.5. The third-order valence-corrected chi connectivity index (χ3v) is 12.3. The van der Waals surface area contributed by atoms with Crippen molar-refractivity contribution in [2.24, 2.45) is 23.3 Å². The molecular formula is C59H63Cl2N9O9. The van der Waals surface area contributed by atoms with Crippen LogP contribution >= 0.6 is 24.8 Å². The summed E-state index contributed by atoms with van der Waals surface area (Å²) < 4.78 is 0. The van der Waals surface area contributed by atoms with Gasteiger partial charge >= 0.3 is 18.3 Å². The molecule has 2 aliphatic carbocycles. The second-order valence-corrected chi connectivity index (χ2v) is 18.1. The van der Waals surface area contributed by atoms with E-state index in [2.05, 4.69) is 33.8 Å². The molecule has 2 fully saturated rings. The van der Waals surface area contributed by atoms with Gasteiger partial charge in [-0.15, -0.1) is 24.8 Å². The number of aromatic carboxylic acids is 1. The molecule has 2 aliphatic rings. The van der Waals surface area contributed by atoms with Crippen LogP contribution in [0.15, 0.2) is 110 Å². The molecule has 11 N–H and O–H groups in total. The molecule has 8 rings (SSSR count). The minimum Gasteiger partial charge on any atom is -0.478 e. The van der Waals surface area contributed by atoms with Crippen molar-refractivity contribution < 1.29 is 43.5 Å². The maximum Gasteiger partial charge on any atom is 0.373 e.